The van der Waals surface area contributed by atoms with Crippen LogP contribution in [0.4, 0.5) is 0 Å². The lowest BCUT2D eigenvalue weighted by atomic mass is 9.84. The second-order valence-electron chi connectivity index (χ2n) is 16.4. The number of carbonyl (C=O) groups excluding carboxylic acids is 5. The molecule has 6 N–H and O–H groups in total. The number of aromatic nitrogens is 3. The lowest BCUT2D eigenvalue weighted by Gasteiger charge is -2.37. The van der Waals surface area contributed by atoms with Crippen LogP contribution in [0.5, 0.6) is 0 Å². The number of benzene rings is 1. The third-order valence-electron chi connectivity index (χ3n) is 11.5. The highest BCUT2D eigenvalue weighted by Crippen LogP contribution is 2.37. The number of nitrogens with one attached hydrogen (secondary N) is 3. The van der Waals surface area contributed by atoms with Crippen molar-refractivity contribution < 1.29 is 37.5 Å². The SMILES string of the molecule is CC1(NS(=O)(=O)c2ccc(C(=O)N[C@H](CC3CCCCC3)C(=O)N3CC(n4nncc4C(C)(C)O)CC3C(=O)NC3(C(=O)C(N)=O)CCSCC3)cc2)CC1. The second kappa shape index (κ2) is 15.9. The number of nitrogens with zero attached hydrogens (tertiary/aromatic N) is 4. The van der Waals surface area contributed by atoms with E-state index in [2.05, 4.69) is 25.7 Å². The summed E-state index contributed by atoms with van der Waals surface area (Å²) in [6.07, 6.45) is 8.44. The monoisotopic (exact) mass is 800 g/mol. The second-order valence-corrected chi connectivity index (χ2v) is 19.3. The Labute approximate surface area is 325 Å². The Morgan fingerprint density at radius 3 is 2.29 bits per heavy atom. The van der Waals surface area contributed by atoms with E-state index in [4.69, 9.17) is 5.73 Å². The van der Waals surface area contributed by atoms with Gasteiger partial charge in [0.25, 0.3) is 11.8 Å². The van der Waals surface area contributed by atoms with Crippen molar-refractivity contribution in [1.29, 1.82) is 0 Å². The van der Waals surface area contributed by atoms with Crippen molar-refractivity contribution in [2.45, 2.75) is 131 Å². The molecule has 0 radical (unpaired) electrons. The number of hydrogen-bond donors (Lipinski definition) is 5. The zero-order valence-electron chi connectivity index (χ0n) is 31.6. The number of hydrogen-bond acceptors (Lipinski definition) is 11. The Hall–Kier alpha value is -3.87. The van der Waals surface area contributed by atoms with E-state index in [1.165, 1.54) is 40.0 Å². The van der Waals surface area contributed by atoms with E-state index in [0.717, 1.165) is 44.9 Å². The van der Waals surface area contributed by atoms with Gasteiger partial charge in [-0.1, -0.05) is 37.3 Å². The lowest BCUT2D eigenvalue weighted by molar-refractivity contribution is -0.145. The van der Waals surface area contributed by atoms with Crippen molar-refractivity contribution >= 4 is 51.2 Å². The Balaban J connectivity index is 1.29. The summed E-state index contributed by atoms with van der Waals surface area (Å²) in [7, 11) is -3.80. The van der Waals surface area contributed by atoms with Gasteiger partial charge >= 0.3 is 0 Å². The molecule has 2 saturated carbocycles. The van der Waals surface area contributed by atoms with Gasteiger partial charge in [0.15, 0.2) is 0 Å². The minimum absolute atomic E-state index is 0.0201. The number of aliphatic hydroxyl groups is 1. The fourth-order valence-corrected chi connectivity index (χ4v) is 10.7. The fourth-order valence-electron chi connectivity index (χ4n) is 8.00. The molecule has 1 aromatic carbocycles. The summed E-state index contributed by atoms with van der Waals surface area (Å²) in [4.78, 5) is 69.8. The van der Waals surface area contributed by atoms with E-state index in [-0.39, 0.29) is 42.2 Å². The number of rotatable bonds is 14. The van der Waals surface area contributed by atoms with Crippen LogP contribution in [0.25, 0.3) is 0 Å². The zero-order valence-corrected chi connectivity index (χ0v) is 33.2. The number of likely N-dealkylation sites (tertiary alicyclic amines) is 1. The number of ketones is 1. The maximum absolute atomic E-state index is 14.8. The standard InChI is InChI=1S/C37H52N8O8S2/c1-35(2,51)29-21-39-43-45(29)25-20-28(33(49)41-37(30(46)31(38)47)15-17-54-18-16-37)44(22-25)34(50)27(19-23-7-5-4-6-8-23)40-32(48)24-9-11-26(12-10-24)55(52,53)42-36(3)13-14-36/h9-12,21,23,25,27-28,42,51H,4-8,13-20,22H2,1-3H3,(H2,38,47)(H,40,48)(H,41,49)/t25?,27-,28?/m1/s1. The van der Waals surface area contributed by atoms with Crippen LogP contribution in [-0.4, -0.2) is 104 Å². The summed E-state index contributed by atoms with van der Waals surface area (Å²) in [5, 5.41) is 24.9. The van der Waals surface area contributed by atoms with E-state index >= 15 is 0 Å². The quantitative estimate of drug-likeness (QED) is 0.173. The first-order valence-corrected chi connectivity index (χ1v) is 21.7. The Morgan fingerprint density at radius 1 is 1.04 bits per heavy atom. The van der Waals surface area contributed by atoms with Crippen molar-refractivity contribution in [2.75, 3.05) is 18.1 Å². The van der Waals surface area contributed by atoms with Gasteiger partial charge in [-0.25, -0.2) is 17.8 Å². The van der Waals surface area contributed by atoms with E-state index in [9.17, 15) is 37.5 Å². The van der Waals surface area contributed by atoms with Crippen molar-refractivity contribution in [2.24, 2.45) is 11.7 Å². The molecule has 18 heteroatoms. The molecule has 4 amide bonds. The normalized spacial score (nSPS) is 23.1. The number of Topliss-reactive ketones (excluding diaryl/α,β-unsaturated/α-hetero) is 1. The van der Waals surface area contributed by atoms with Gasteiger partial charge in [-0.15, -0.1) is 5.10 Å². The number of sulfonamides is 1. The highest BCUT2D eigenvalue weighted by molar-refractivity contribution is 7.99. The van der Waals surface area contributed by atoms with Crippen LogP contribution < -0.4 is 21.1 Å². The van der Waals surface area contributed by atoms with Gasteiger partial charge in [0.05, 0.1) is 22.8 Å². The molecule has 4 aliphatic rings. The highest BCUT2D eigenvalue weighted by atomic mass is 32.2. The first-order valence-electron chi connectivity index (χ1n) is 19.0. The van der Waals surface area contributed by atoms with Crippen molar-refractivity contribution in [1.82, 2.24) is 35.2 Å². The molecule has 4 fully saturated rings. The van der Waals surface area contributed by atoms with Gasteiger partial charge in [-0.3, -0.25) is 24.0 Å². The van der Waals surface area contributed by atoms with Gasteiger partial charge < -0.3 is 26.4 Å². The van der Waals surface area contributed by atoms with Crippen LogP contribution >= 0.6 is 11.8 Å². The topological polar surface area (TPSA) is 236 Å². The zero-order chi connectivity index (χ0) is 39.8. The molecule has 300 valence electrons. The fraction of sp³-hybridized carbons (Fsp3) is 0.649. The number of amides is 4. The van der Waals surface area contributed by atoms with E-state index < -0.39 is 74.2 Å². The van der Waals surface area contributed by atoms with Crippen LogP contribution in [0.15, 0.2) is 35.4 Å². The molecule has 0 spiro atoms. The number of carbonyl (C=O) groups is 5. The predicted octanol–water partition coefficient (Wildman–Crippen LogP) is 1.68. The summed E-state index contributed by atoms with van der Waals surface area (Å²) in [5.41, 5.74) is 2.64. The first kappa shape index (κ1) is 40.8. The molecular formula is C37H52N8O8S2. The molecule has 3 heterocycles. The summed E-state index contributed by atoms with van der Waals surface area (Å²) in [6.45, 7) is 4.96. The van der Waals surface area contributed by atoms with Gasteiger partial charge in [0.2, 0.25) is 27.6 Å². The van der Waals surface area contributed by atoms with Crippen LogP contribution in [-0.2, 0) is 34.8 Å². The van der Waals surface area contributed by atoms with E-state index in [0.29, 0.717) is 23.6 Å². The molecule has 0 bridgehead atoms. The average molecular weight is 801 g/mol. The van der Waals surface area contributed by atoms with Crippen molar-refractivity contribution in [3.8, 4) is 0 Å². The Kier molecular flexibility index (Phi) is 11.8. The van der Waals surface area contributed by atoms with Gasteiger partial charge in [0.1, 0.15) is 23.2 Å². The maximum atomic E-state index is 14.8. The smallest absolute Gasteiger partial charge is 0.287 e. The molecule has 2 aliphatic heterocycles. The predicted molar refractivity (Wildman–Crippen MR) is 203 cm³/mol. The van der Waals surface area contributed by atoms with Crippen LogP contribution in [0.2, 0.25) is 0 Å². The molecule has 2 aliphatic carbocycles. The van der Waals surface area contributed by atoms with Gasteiger partial charge in [-0.2, -0.15) is 11.8 Å². The molecule has 2 saturated heterocycles. The lowest BCUT2D eigenvalue weighted by Crippen LogP contribution is -2.63. The minimum atomic E-state index is -3.80. The molecule has 1 aromatic heterocycles. The van der Waals surface area contributed by atoms with Gasteiger partial charge in [-0.05, 0) is 94.6 Å². The summed E-state index contributed by atoms with van der Waals surface area (Å²) >= 11 is 1.59. The average Bonchev–Trinajstić information content (AvgIpc) is 3.49. The third-order valence-corrected chi connectivity index (χ3v) is 14.1. The minimum Gasteiger partial charge on any atom is -0.384 e. The summed E-state index contributed by atoms with van der Waals surface area (Å²) in [6, 6.07) is 2.73. The first-order chi connectivity index (χ1) is 25.9. The van der Waals surface area contributed by atoms with Crippen molar-refractivity contribution in [3.63, 3.8) is 0 Å². The molecule has 2 unspecified atom stereocenters. The highest BCUT2D eigenvalue weighted by Gasteiger charge is 2.49. The number of primary amides is 1. The van der Waals surface area contributed by atoms with E-state index in [1.807, 2.05) is 6.92 Å². The van der Waals surface area contributed by atoms with Crippen molar-refractivity contribution in [3.05, 3.63) is 41.7 Å². The maximum Gasteiger partial charge on any atom is 0.287 e. The van der Waals surface area contributed by atoms with Crippen LogP contribution in [0.1, 0.15) is 113 Å². The van der Waals surface area contributed by atoms with E-state index in [1.54, 1.807) is 25.6 Å². The third kappa shape index (κ3) is 9.24. The molecule has 3 atom stereocenters. The van der Waals surface area contributed by atoms with Gasteiger partial charge in [0, 0.05) is 24.1 Å². The Bertz CT molecular complexity index is 1900. The molecular weight excluding hydrogens is 749 g/mol. The largest absolute Gasteiger partial charge is 0.384 e. The number of nitrogens with two attached hydrogens (primary N) is 1. The molecule has 55 heavy (non-hydrogen) atoms. The Morgan fingerprint density at radius 2 is 1.69 bits per heavy atom. The summed E-state index contributed by atoms with van der Waals surface area (Å²) in [5.74, 6) is -2.63. The molecule has 2 aromatic rings. The van der Waals surface area contributed by atoms with Crippen LogP contribution in [0.3, 0.4) is 0 Å². The molecule has 6 rings (SSSR count). The van der Waals surface area contributed by atoms with Crippen LogP contribution in [0, 0.1) is 5.92 Å². The molecule has 16 nitrogen and oxygen atoms in total. The summed E-state index contributed by atoms with van der Waals surface area (Å²) < 4.78 is 30.1. The number of thioether (sulfide) groups is 1.